The zero-order chi connectivity index (χ0) is 31.2. The van der Waals surface area contributed by atoms with Crippen molar-refractivity contribution in [2.75, 3.05) is 0 Å². The van der Waals surface area contributed by atoms with Crippen LogP contribution in [-0.4, -0.2) is 92.1 Å². The first-order valence-corrected chi connectivity index (χ1v) is 15.5. The first-order valence-electron chi connectivity index (χ1n) is 15.5. The molecule has 2 saturated carbocycles. The van der Waals surface area contributed by atoms with Gasteiger partial charge in [-0.3, -0.25) is 19.2 Å². The van der Waals surface area contributed by atoms with Gasteiger partial charge < -0.3 is 39.0 Å². The summed E-state index contributed by atoms with van der Waals surface area (Å²) in [7, 11) is 0. The maximum Gasteiger partial charge on any atom is 0.309 e. The first kappa shape index (κ1) is 29.6. The van der Waals surface area contributed by atoms with Crippen LogP contribution in [0.25, 0.3) is 0 Å². The normalized spacial score (nSPS) is 53.8. The maximum absolute atomic E-state index is 14.3. The predicted molar refractivity (Wildman–Crippen MR) is 142 cm³/mol. The molecular formula is C31H42O12. The molecule has 5 aliphatic heterocycles. The Bertz CT molecular complexity index is 1300. The number of carbonyl (C=O) groups excluding carboxylic acids is 4. The molecule has 2 spiro atoms. The highest BCUT2D eigenvalue weighted by Gasteiger charge is 2.86. The van der Waals surface area contributed by atoms with Crippen molar-refractivity contribution in [1.29, 1.82) is 0 Å². The van der Waals surface area contributed by atoms with Gasteiger partial charge in [0.05, 0.1) is 30.0 Å². The number of cyclic esters (lactones) is 1. The molecule has 43 heavy (non-hydrogen) atoms. The standard InChI is InChI=1S/C31H42O12/c1-12-9-16(40-25(12)36)22(39-14(3)32)13(2)20-23-28(20,6)7-8-29-21(24(35)31(23,38)43-29)15(33)10-17-27(4,5)41-18-11-19(34)42-30(17,18)26(29)37/h12-13,15-18,20-23,26,33,37-38H,7-11H2,1-6H3/t12-,13+,15+,16+,17+,18-,20-,21+,22+,23+,26+,28-,29-,30-,31-/m1/s1. The van der Waals surface area contributed by atoms with E-state index in [1.54, 1.807) is 6.92 Å². The smallest absolute Gasteiger partial charge is 0.309 e. The van der Waals surface area contributed by atoms with Crippen molar-refractivity contribution >= 4 is 23.7 Å². The van der Waals surface area contributed by atoms with E-state index >= 15 is 0 Å². The van der Waals surface area contributed by atoms with Crippen molar-refractivity contribution in [3.8, 4) is 0 Å². The predicted octanol–water partition coefficient (Wildman–Crippen LogP) is 0.800. The summed E-state index contributed by atoms with van der Waals surface area (Å²) in [5.41, 5.74) is -4.81. The molecule has 0 aromatic heterocycles. The molecule has 238 valence electrons. The monoisotopic (exact) mass is 606 g/mol. The first-order chi connectivity index (χ1) is 19.9. The van der Waals surface area contributed by atoms with E-state index in [4.69, 9.17) is 23.7 Å². The highest BCUT2D eigenvalue weighted by atomic mass is 16.7. The number of aliphatic hydroxyl groups excluding tert-OH is 2. The minimum absolute atomic E-state index is 0.00690. The summed E-state index contributed by atoms with van der Waals surface area (Å²) < 4.78 is 29.9. The van der Waals surface area contributed by atoms with Gasteiger partial charge in [-0.2, -0.15) is 0 Å². The second kappa shape index (κ2) is 8.78. The third-order valence-electron chi connectivity index (χ3n) is 12.4. The average molecular weight is 607 g/mol. The Morgan fingerprint density at radius 3 is 2.42 bits per heavy atom. The van der Waals surface area contributed by atoms with Crippen LogP contribution in [0.15, 0.2) is 0 Å². The molecule has 0 radical (unpaired) electrons. The number of hydrogen-bond donors (Lipinski definition) is 3. The van der Waals surface area contributed by atoms with E-state index in [9.17, 15) is 34.5 Å². The molecular weight excluding hydrogens is 564 g/mol. The average Bonchev–Trinajstić information content (AvgIpc) is 3.02. The summed E-state index contributed by atoms with van der Waals surface area (Å²) in [6.45, 7) is 10.5. The van der Waals surface area contributed by atoms with Gasteiger partial charge in [-0.05, 0) is 44.4 Å². The summed E-state index contributed by atoms with van der Waals surface area (Å²) in [5, 5.41) is 36.2. The lowest BCUT2D eigenvalue weighted by molar-refractivity contribution is -0.277. The van der Waals surface area contributed by atoms with Crippen LogP contribution in [0.1, 0.15) is 73.6 Å². The topological polar surface area (TPSA) is 175 Å². The molecule has 0 amide bonds. The minimum atomic E-state index is -2.35. The van der Waals surface area contributed by atoms with E-state index in [2.05, 4.69) is 0 Å². The van der Waals surface area contributed by atoms with Crippen LogP contribution in [0.2, 0.25) is 0 Å². The van der Waals surface area contributed by atoms with E-state index in [1.807, 2.05) is 27.7 Å². The molecule has 5 saturated heterocycles. The van der Waals surface area contributed by atoms with Crippen LogP contribution in [0, 0.1) is 40.9 Å². The largest absolute Gasteiger partial charge is 0.458 e. The zero-order valence-electron chi connectivity index (χ0n) is 25.4. The lowest BCUT2D eigenvalue weighted by atomic mass is 9.67. The van der Waals surface area contributed by atoms with Crippen molar-refractivity contribution in [3.63, 3.8) is 0 Å². The van der Waals surface area contributed by atoms with Gasteiger partial charge in [0.2, 0.25) is 11.6 Å². The Balaban J connectivity index is 1.26. The second-order valence-corrected chi connectivity index (χ2v) is 15.1. The second-order valence-electron chi connectivity index (χ2n) is 15.1. The molecule has 15 atom stereocenters. The fraction of sp³-hybridized carbons (Fsp3) is 0.871. The van der Waals surface area contributed by atoms with Gasteiger partial charge in [-0.25, -0.2) is 0 Å². The fourth-order valence-electron chi connectivity index (χ4n) is 10.7. The number of esters is 3. The number of fused-ring (bicyclic) bond motifs is 3. The van der Waals surface area contributed by atoms with Crippen LogP contribution >= 0.6 is 0 Å². The summed E-state index contributed by atoms with van der Waals surface area (Å²) in [4.78, 5) is 51.3. The van der Waals surface area contributed by atoms with E-state index in [1.165, 1.54) is 6.92 Å². The van der Waals surface area contributed by atoms with Gasteiger partial charge in [-0.1, -0.05) is 20.8 Å². The zero-order valence-corrected chi connectivity index (χ0v) is 25.4. The van der Waals surface area contributed by atoms with Gasteiger partial charge in [0.15, 0.2) is 5.60 Å². The molecule has 3 N–H and O–H groups in total. The SMILES string of the molecule is CC(=O)O[C@@H]([C@@H](C)[C@@H]1[C@H]2[C@]1(C)CC[C@@]13O[C@@]2(O)C(=O)[C@@H]1[C@@H](O)C[C@H]1C(C)(C)O[C@@H]2CC(=O)O[C@@]21[C@H]3O)[C@@H]1C[C@@H](C)C(=O)O1. The van der Waals surface area contributed by atoms with Gasteiger partial charge in [0.1, 0.15) is 30.0 Å². The molecule has 7 rings (SSSR count). The highest BCUT2D eigenvalue weighted by Crippen LogP contribution is 2.76. The third kappa shape index (κ3) is 3.55. The Morgan fingerprint density at radius 2 is 1.79 bits per heavy atom. The van der Waals surface area contributed by atoms with E-state index in [-0.39, 0.29) is 37.1 Å². The molecule has 0 aromatic rings. The van der Waals surface area contributed by atoms with Crippen molar-refractivity contribution in [2.45, 2.75) is 127 Å². The van der Waals surface area contributed by atoms with Crippen LogP contribution in [-0.2, 0) is 42.9 Å². The molecule has 2 aliphatic carbocycles. The highest BCUT2D eigenvalue weighted by molar-refractivity contribution is 5.93. The van der Waals surface area contributed by atoms with E-state index < -0.39 is 99.9 Å². The van der Waals surface area contributed by atoms with Crippen molar-refractivity contribution in [2.24, 2.45) is 40.9 Å². The van der Waals surface area contributed by atoms with Gasteiger partial charge in [0.25, 0.3) is 0 Å². The number of ketones is 1. The molecule has 12 nitrogen and oxygen atoms in total. The summed E-state index contributed by atoms with van der Waals surface area (Å²) in [5.74, 6) is -8.26. The molecule has 2 bridgehead atoms. The van der Waals surface area contributed by atoms with Crippen LogP contribution in [0.4, 0.5) is 0 Å². The summed E-state index contributed by atoms with van der Waals surface area (Å²) in [6.07, 6.45) is -4.30. The maximum atomic E-state index is 14.3. The van der Waals surface area contributed by atoms with Gasteiger partial charge >= 0.3 is 17.9 Å². The van der Waals surface area contributed by atoms with Gasteiger partial charge in [0, 0.05) is 31.1 Å². The molecule has 5 heterocycles. The van der Waals surface area contributed by atoms with E-state index in [0.717, 1.165) is 0 Å². The van der Waals surface area contributed by atoms with Crippen molar-refractivity contribution < 1.29 is 58.2 Å². The number of Topliss-reactive ketones (excluding diaryl/α,β-unsaturated/α-hetero) is 1. The minimum Gasteiger partial charge on any atom is -0.458 e. The quantitative estimate of drug-likeness (QED) is 0.304. The molecule has 0 unspecified atom stereocenters. The lowest BCUT2D eigenvalue weighted by Gasteiger charge is -2.45. The Morgan fingerprint density at radius 1 is 1.09 bits per heavy atom. The number of hydrogen-bond acceptors (Lipinski definition) is 12. The number of ether oxygens (including phenoxy) is 5. The van der Waals surface area contributed by atoms with Crippen LogP contribution < -0.4 is 0 Å². The Labute approximate surface area is 249 Å². The molecule has 0 aromatic carbocycles. The number of carbonyl (C=O) groups is 4. The van der Waals surface area contributed by atoms with Crippen LogP contribution in [0.5, 0.6) is 0 Å². The molecule has 12 heteroatoms. The molecule has 7 aliphatic rings. The lowest BCUT2D eigenvalue weighted by Crippen LogP contribution is -2.64. The Kier molecular flexibility index (Phi) is 6.04. The van der Waals surface area contributed by atoms with Gasteiger partial charge in [-0.15, -0.1) is 0 Å². The van der Waals surface area contributed by atoms with E-state index in [0.29, 0.717) is 12.8 Å². The summed E-state index contributed by atoms with van der Waals surface area (Å²) in [6, 6.07) is 0. The van der Waals surface area contributed by atoms with Crippen molar-refractivity contribution in [1.82, 2.24) is 0 Å². The number of rotatable bonds is 4. The van der Waals surface area contributed by atoms with Crippen molar-refractivity contribution in [3.05, 3.63) is 0 Å². The summed E-state index contributed by atoms with van der Waals surface area (Å²) >= 11 is 0. The fourth-order valence-corrected chi connectivity index (χ4v) is 10.7. The molecule has 7 fully saturated rings. The Hall–Kier alpha value is -2.12. The van der Waals surface area contributed by atoms with Crippen LogP contribution in [0.3, 0.4) is 0 Å². The third-order valence-corrected chi connectivity index (χ3v) is 12.4. The number of aliphatic hydroxyl groups is 3.